The normalized spacial score (nSPS) is 18.7. The minimum atomic E-state index is 0.388. The van der Waals surface area contributed by atoms with Crippen LogP contribution in [0, 0.1) is 12.3 Å². The fraction of sp³-hybridized carbons (Fsp3) is 0.556. The van der Waals surface area contributed by atoms with Crippen LogP contribution in [-0.2, 0) is 18.2 Å². The van der Waals surface area contributed by atoms with Crippen molar-refractivity contribution >= 4 is 11.5 Å². The third-order valence-corrected chi connectivity index (χ3v) is 7.05. The molecule has 1 saturated heterocycles. The summed E-state index contributed by atoms with van der Waals surface area (Å²) in [6.45, 7) is 13.6. The van der Waals surface area contributed by atoms with Gasteiger partial charge in [-0.2, -0.15) is 5.10 Å². The summed E-state index contributed by atoms with van der Waals surface area (Å²) in [6, 6.07) is 9.15. The van der Waals surface area contributed by atoms with Crippen molar-refractivity contribution in [3.8, 4) is 11.3 Å². The van der Waals surface area contributed by atoms with Crippen LogP contribution in [0.25, 0.3) is 11.3 Å². The van der Waals surface area contributed by atoms with Gasteiger partial charge >= 0.3 is 0 Å². The van der Waals surface area contributed by atoms with Gasteiger partial charge < -0.3 is 15.0 Å². The predicted molar refractivity (Wildman–Crippen MR) is 140 cm³/mol. The molecule has 2 aromatic rings. The van der Waals surface area contributed by atoms with Gasteiger partial charge in [0.1, 0.15) is 5.84 Å². The Morgan fingerprint density at radius 3 is 2.62 bits per heavy atom. The van der Waals surface area contributed by atoms with Gasteiger partial charge in [-0.1, -0.05) is 26.8 Å². The van der Waals surface area contributed by atoms with Crippen LogP contribution in [0.4, 0.5) is 5.69 Å². The summed E-state index contributed by atoms with van der Waals surface area (Å²) in [5.74, 6) is 0.647. The number of nitrogens with zero attached hydrogens (tertiary/aromatic N) is 4. The number of rotatable bonds is 5. The second kappa shape index (κ2) is 10.7. The number of amidine groups is 1. The number of nitrogens with one attached hydrogen (secondary N) is 2. The summed E-state index contributed by atoms with van der Waals surface area (Å²) >= 11 is 0. The first kappa shape index (κ1) is 24.5. The number of hydrogen-bond acceptors (Lipinski definition) is 5. The molecule has 4 heterocycles. The molecule has 0 aliphatic carbocycles. The van der Waals surface area contributed by atoms with E-state index in [9.17, 15) is 5.41 Å². The molecular weight excluding hydrogens is 424 g/mol. The van der Waals surface area contributed by atoms with Crippen molar-refractivity contribution < 1.29 is 4.74 Å². The first-order chi connectivity index (χ1) is 16.5. The van der Waals surface area contributed by atoms with E-state index in [-0.39, 0.29) is 0 Å². The van der Waals surface area contributed by atoms with Gasteiger partial charge in [-0.15, -0.1) is 0 Å². The molecule has 0 unspecified atom stereocenters. The standard InChI is InChI=1S/C25H34N6O.C2H6/c1-4-30-11-9-22(27-20-15-32-16-20)21(14-30)25(26)31-10-5-6-19-13-18(7-8-24(19)31)23-12-17(2)29(3)28-23;1-2/h7-8,12-13,20,26-27H,4-6,9-11,14-16H2,1-3H3;1-2H3. The van der Waals surface area contributed by atoms with Crippen LogP contribution in [0.15, 0.2) is 35.5 Å². The zero-order chi connectivity index (χ0) is 24.2. The van der Waals surface area contributed by atoms with E-state index in [0.717, 1.165) is 81.2 Å². The zero-order valence-corrected chi connectivity index (χ0v) is 21.4. The monoisotopic (exact) mass is 464 g/mol. The Labute approximate surface area is 204 Å². The van der Waals surface area contributed by atoms with Gasteiger partial charge in [-0.3, -0.25) is 15.0 Å². The fourth-order valence-corrected chi connectivity index (χ4v) is 4.88. The average molecular weight is 465 g/mol. The van der Waals surface area contributed by atoms with Crippen LogP contribution in [0.1, 0.15) is 44.9 Å². The van der Waals surface area contributed by atoms with Crippen molar-refractivity contribution in [2.24, 2.45) is 7.05 Å². The highest BCUT2D eigenvalue weighted by Crippen LogP contribution is 2.33. The lowest BCUT2D eigenvalue weighted by molar-refractivity contribution is -0.00165. The van der Waals surface area contributed by atoms with Crippen molar-refractivity contribution in [1.82, 2.24) is 20.0 Å². The summed E-state index contributed by atoms with van der Waals surface area (Å²) < 4.78 is 7.29. The molecule has 2 N–H and O–H groups in total. The van der Waals surface area contributed by atoms with E-state index >= 15 is 0 Å². The maximum Gasteiger partial charge on any atom is 0.131 e. The smallest absolute Gasteiger partial charge is 0.131 e. The summed E-state index contributed by atoms with van der Waals surface area (Å²) in [7, 11) is 1.99. The molecule has 7 heteroatoms. The van der Waals surface area contributed by atoms with E-state index in [0.29, 0.717) is 11.9 Å². The Morgan fingerprint density at radius 1 is 1.18 bits per heavy atom. The van der Waals surface area contributed by atoms with Crippen LogP contribution in [0.5, 0.6) is 0 Å². The summed E-state index contributed by atoms with van der Waals surface area (Å²) in [5, 5.41) is 17.6. The summed E-state index contributed by atoms with van der Waals surface area (Å²) in [4.78, 5) is 4.66. The molecule has 3 aliphatic rings. The van der Waals surface area contributed by atoms with Gasteiger partial charge in [-0.25, -0.2) is 0 Å². The quantitative estimate of drug-likeness (QED) is 0.515. The molecule has 0 spiro atoms. The number of hydrogen-bond donors (Lipinski definition) is 2. The lowest BCUT2D eigenvalue weighted by atomic mass is 9.96. The van der Waals surface area contributed by atoms with Crippen LogP contribution in [0.3, 0.4) is 0 Å². The van der Waals surface area contributed by atoms with E-state index < -0.39 is 0 Å². The Morgan fingerprint density at radius 2 is 1.97 bits per heavy atom. The lowest BCUT2D eigenvalue weighted by Gasteiger charge is -2.38. The maximum atomic E-state index is 9.23. The van der Waals surface area contributed by atoms with Crippen LogP contribution >= 0.6 is 0 Å². The summed E-state index contributed by atoms with van der Waals surface area (Å²) in [5.41, 5.74) is 8.19. The molecule has 7 nitrogen and oxygen atoms in total. The third kappa shape index (κ3) is 4.91. The first-order valence-corrected chi connectivity index (χ1v) is 12.8. The Balaban J connectivity index is 0.00000133. The molecule has 1 aromatic carbocycles. The number of anilines is 1. The van der Waals surface area contributed by atoms with E-state index in [1.165, 1.54) is 16.9 Å². The van der Waals surface area contributed by atoms with E-state index in [2.05, 4.69) is 58.3 Å². The van der Waals surface area contributed by atoms with Gasteiger partial charge in [0.05, 0.1) is 24.9 Å². The number of benzene rings is 1. The van der Waals surface area contributed by atoms with E-state index in [1.807, 2.05) is 25.6 Å². The summed E-state index contributed by atoms with van der Waals surface area (Å²) in [6.07, 6.45) is 3.08. The second-order valence-electron chi connectivity index (χ2n) is 9.20. The van der Waals surface area contributed by atoms with E-state index in [4.69, 9.17) is 4.74 Å². The molecule has 0 amide bonds. The fourth-order valence-electron chi connectivity index (χ4n) is 4.88. The maximum absolute atomic E-state index is 9.23. The second-order valence-corrected chi connectivity index (χ2v) is 9.20. The molecular formula is C27H40N6O. The highest BCUT2D eigenvalue weighted by molar-refractivity contribution is 6.09. The van der Waals surface area contributed by atoms with Gasteiger partial charge in [0, 0.05) is 61.3 Å². The van der Waals surface area contributed by atoms with Gasteiger partial charge in [0.25, 0.3) is 0 Å². The van der Waals surface area contributed by atoms with Crippen LogP contribution in [-0.4, -0.2) is 66.0 Å². The minimum Gasteiger partial charge on any atom is -0.381 e. The molecule has 34 heavy (non-hydrogen) atoms. The Hall–Kier alpha value is -2.64. The number of aryl methyl sites for hydroxylation is 3. The highest BCUT2D eigenvalue weighted by Gasteiger charge is 2.30. The van der Waals surface area contributed by atoms with Crippen molar-refractivity contribution in [1.29, 1.82) is 5.41 Å². The molecule has 0 atom stereocenters. The Kier molecular flexibility index (Phi) is 7.73. The van der Waals surface area contributed by atoms with Crippen LogP contribution < -0.4 is 10.2 Å². The largest absolute Gasteiger partial charge is 0.381 e. The predicted octanol–water partition coefficient (Wildman–Crippen LogP) is 4.12. The first-order valence-electron chi connectivity index (χ1n) is 12.8. The average Bonchev–Trinajstić information content (AvgIpc) is 3.19. The number of aromatic nitrogens is 2. The lowest BCUT2D eigenvalue weighted by Crippen LogP contribution is -2.49. The van der Waals surface area contributed by atoms with Crippen LogP contribution in [0.2, 0.25) is 0 Å². The molecule has 0 bridgehead atoms. The number of ether oxygens (including phenoxy) is 1. The molecule has 1 fully saturated rings. The third-order valence-electron chi connectivity index (χ3n) is 7.05. The van der Waals surface area contributed by atoms with Gasteiger partial charge in [0.2, 0.25) is 0 Å². The topological polar surface area (TPSA) is 69.4 Å². The van der Waals surface area contributed by atoms with Gasteiger partial charge in [-0.05, 0) is 50.1 Å². The molecule has 5 rings (SSSR count). The van der Waals surface area contributed by atoms with E-state index in [1.54, 1.807) is 0 Å². The molecule has 0 saturated carbocycles. The highest BCUT2D eigenvalue weighted by atomic mass is 16.5. The number of likely N-dealkylation sites (N-methyl/N-ethyl adjacent to an activating group) is 1. The van der Waals surface area contributed by atoms with Crippen molar-refractivity contribution in [2.45, 2.75) is 53.0 Å². The molecule has 0 radical (unpaired) electrons. The SMILES string of the molecule is CC.CCN1CCC(NC2COC2)=C(C(=N)N2CCCc3cc(-c4cc(C)n(C)n4)ccc32)C1. The van der Waals surface area contributed by atoms with Gasteiger partial charge in [0.15, 0.2) is 0 Å². The molecule has 1 aromatic heterocycles. The Bertz CT molecular complexity index is 1030. The number of fused-ring (bicyclic) bond motifs is 1. The van der Waals surface area contributed by atoms with Crippen molar-refractivity contribution in [3.63, 3.8) is 0 Å². The molecule has 184 valence electrons. The van der Waals surface area contributed by atoms with Crippen molar-refractivity contribution in [3.05, 3.63) is 46.8 Å². The minimum absolute atomic E-state index is 0.388. The van der Waals surface area contributed by atoms with Crippen molar-refractivity contribution in [2.75, 3.05) is 44.3 Å². The zero-order valence-electron chi connectivity index (χ0n) is 21.4. The molecule has 3 aliphatic heterocycles.